The van der Waals surface area contributed by atoms with Crippen LogP contribution in [0.1, 0.15) is 5.69 Å². The highest BCUT2D eigenvalue weighted by Gasteiger charge is 2.08. The first kappa shape index (κ1) is 14.0. The van der Waals surface area contributed by atoms with Gasteiger partial charge in [0.25, 0.3) is 5.69 Å². The first-order valence-corrected chi connectivity index (χ1v) is 5.87. The van der Waals surface area contributed by atoms with Crippen LogP contribution >= 0.6 is 0 Å². The van der Waals surface area contributed by atoms with E-state index in [4.69, 9.17) is 17.5 Å². The molecule has 0 fully saturated rings. The lowest BCUT2D eigenvalue weighted by Gasteiger charge is -1.90. The van der Waals surface area contributed by atoms with Crippen LogP contribution in [0.5, 0.6) is 0 Å². The highest BCUT2D eigenvalue weighted by Crippen LogP contribution is 2.20. The Balaban J connectivity index is 0.000000280. The monoisotopic (exact) mass is 275 g/mol. The van der Waals surface area contributed by atoms with Gasteiger partial charge in [-0.05, 0) is 13.0 Å². The van der Waals surface area contributed by atoms with E-state index in [0.29, 0.717) is 5.52 Å². The van der Waals surface area contributed by atoms with E-state index < -0.39 is 15.3 Å². The van der Waals surface area contributed by atoms with Gasteiger partial charge in [0.15, 0.2) is 0 Å². The number of H-pyrrole nitrogens is 1. The molecule has 10 heteroatoms. The number of aryl methyl sites for hydroxylation is 1. The summed E-state index contributed by atoms with van der Waals surface area (Å²) in [5.41, 5.74) is 1.62. The van der Waals surface area contributed by atoms with Crippen LogP contribution in [-0.4, -0.2) is 32.6 Å². The maximum atomic E-state index is 10.4. The minimum absolute atomic E-state index is 0.0685. The standard InChI is InChI=1S/C8H7N3O2.H2O4S/c1-5-7-3-2-6(11(12)13)4-8(7)10-9-5;1-5(2,3)4/h2-4H,1H3,(H,9,10);(H2,1,2,3,4). The second-order valence-corrected chi connectivity index (χ2v) is 4.15. The number of benzene rings is 1. The molecule has 1 aromatic carbocycles. The summed E-state index contributed by atoms with van der Waals surface area (Å²) >= 11 is 0. The molecule has 0 saturated heterocycles. The lowest BCUT2D eigenvalue weighted by Crippen LogP contribution is -1.89. The number of aromatic nitrogens is 2. The second-order valence-electron chi connectivity index (χ2n) is 3.26. The van der Waals surface area contributed by atoms with E-state index in [-0.39, 0.29) is 5.69 Å². The molecule has 98 valence electrons. The van der Waals surface area contributed by atoms with Gasteiger partial charge in [-0.1, -0.05) is 0 Å². The van der Waals surface area contributed by atoms with Crippen molar-refractivity contribution in [3.8, 4) is 0 Å². The maximum Gasteiger partial charge on any atom is 0.394 e. The number of hydrogen-bond acceptors (Lipinski definition) is 5. The molecule has 0 aliphatic carbocycles. The molecule has 18 heavy (non-hydrogen) atoms. The molecule has 2 rings (SSSR count). The van der Waals surface area contributed by atoms with E-state index in [1.54, 1.807) is 6.07 Å². The molecule has 1 aromatic heterocycles. The van der Waals surface area contributed by atoms with E-state index in [2.05, 4.69) is 10.2 Å². The third kappa shape index (κ3) is 4.08. The zero-order valence-corrected chi connectivity index (χ0v) is 9.88. The van der Waals surface area contributed by atoms with E-state index >= 15 is 0 Å². The molecular weight excluding hydrogens is 266 g/mol. The SMILES string of the molecule is Cc1[nH]nc2cc([N+](=O)[O-])ccc12.O=S(=O)(O)O. The van der Waals surface area contributed by atoms with E-state index in [0.717, 1.165) is 11.1 Å². The normalized spacial score (nSPS) is 10.8. The molecule has 0 atom stereocenters. The van der Waals surface area contributed by atoms with Crippen LogP contribution in [0.3, 0.4) is 0 Å². The molecule has 2 aromatic rings. The Bertz CT molecular complexity index is 669. The summed E-state index contributed by atoms with van der Waals surface area (Å²) in [4.78, 5) is 9.99. The van der Waals surface area contributed by atoms with Gasteiger partial charge in [-0.25, -0.2) is 0 Å². The van der Waals surface area contributed by atoms with Crippen molar-refractivity contribution < 1.29 is 22.4 Å². The van der Waals surface area contributed by atoms with Crippen molar-refractivity contribution in [2.75, 3.05) is 0 Å². The van der Waals surface area contributed by atoms with Crippen molar-refractivity contribution in [3.63, 3.8) is 0 Å². The summed E-state index contributed by atoms with van der Waals surface area (Å²) in [5.74, 6) is 0. The first-order valence-electron chi connectivity index (χ1n) is 4.47. The number of non-ortho nitro benzene ring substituents is 1. The van der Waals surface area contributed by atoms with Gasteiger partial charge in [-0.15, -0.1) is 0 Å². The lowest BCUT2D eigenvalue weighted by atomic mass is 10.2. The predicted molar refractivity (Wildman–Crippen MR) is 61.7 cm³/mol. The summed E-state index contributed by atoms with van der Waals surface area (Å²) in [7, 11) is -4.67. The molecule has 9 nitrogen and oxygen atoms in total. The number of nitrogens with one attached hydrogen (secondary N) is 1. The van der Waals surface area contributed by atoms with E-state index in [9.17, 15) is 10.1 Å². The van der Waals surface area contributed by atoms with Gasteiger partial charge in [-0.2, -0.15) is 13.5 Å². The number of hydrogen-bond donors (Lipinski definition) is 3. The van der Waals surface area contributed by atoms with Gasteiger partial charge in [0, 0.05) is 23.2 Å². The zero-order valence-electron chi connectivity index (χ0n) is 9.06. The van der Waals surface area contributed by atoms with Gasteiger partial charge < -0.3 is 0 Å². The molecular formula is C8H9N3O6S. The Labute approximate surface area is 101 Å². The van der Waals surface area contributed by atoms with Crippen LogP contribution in [0.25, 0.3) is 10.9 Å². The highest BCUT2D eigenvalue weighted by atomic mass is 32.3. The Hall–Kier alpha value is -2.04. The van der Waals surface area contributed by atoms with Gasteiger partial charge in [0.1, 0.15) is 0 Å². The minimum Gasteiger partial charge on any atom is -0.282 e. The average molecular weight is 275 g/mol. The van der Waals surface area contributed by atoms with Crippen molar-refractivity contribution in [1.29, 1.82) is 0 Å². The molecule has 0 unspecified atom stereocenters. The Morgan fingerprint density at radius 2 is 1.94 bits per heavy atom. The van der Waals surface area contributed by atoms with Gasteiger partial charge in [0.2, 0.25) is 0 Å². The largest absolute Gasteiger partial charge is 0.394 e. The minimum atomic E-state index is -4.67. The molecule has 0 radical (unpaired) electrons. The summed E-state index contributed by atoms with van der Waals surface area (Å²) in [6.07, 6.45) is 0. The predicted octanol–water partition coefficient (Wildman–Crippen LogP) is 1.13. The fourth-order valence-corrected chi connectivity index (χ4v) is 1.25. The number of rotatable bonds is 1. The van der Waals surface area contributed by atoms with Crippen molar-refractivity contribution in [1.82, 2.24) is 10.2 Å². The lowest BCUT2D eigenvalue weighted by molar-refractivity contribution is -0.384. The quantitative estimate of drug-likeness (QED) is 0.401. The smallest absolute Gasteiger partial charge is 0.282 e. The van der Waals surface area contributed by atoms with Crippen LogP contribution < -0.4 is 0 Å². The van der Waals surface area contributed by atoms with Crippen LogP contribution in [0.4, 0.5) is 5.69 Å². The summed E-state index contributed by atoms with van der Waals surface area (Å²) < 4.78 is 31.6. The molecule has 0 bridgehead atoms. The Kier molecular flexibility index (Phi) is 3.96. The molecule has 0 aliphatic heterocycles. The molecule has 0 amide bonds. The summed E-state index contributed by atoms with van der Waals surface area (Å²) in [6, 6.07) is 4.63. The van der Waals surface area contributed by atoms with Crippen molar-refractivity contribution in [2.24, 2.45) is 0 Å². The van der Waals surface area contributed by atoms with Gasteiger partial charge >= 0.3 is 10.4 Å². The zero-order chi connectivity index (χ0) is 13.9. The topological polar surface area (TPSA) is 146 Å². The summed E-state index contributed by atoms with van der Waals surface area (Å²) in [6.45, 7) is 1.88. The van der Waals surface area contributed by atoms with Crippen molar-refractivity contribution in [3.05, 3.63) is 34.0 Å². The van der Waals surface area contributed by atoms with Gasteiger partial charge in [0.05, 0.1) is 10.4 Å². The fraction of sp³-hybridized carbons (Fsp3) is 0.125. The third-order valence-corrected chi connectivity index (χ3v) is 1.94. The molecule has 3 N–H and O–H groups in total. The van der Waals surface area contributed by atoms with E-state index in [1.807, 2.05) is 6.92 Å². The third-order valence-electron chi connectivity index (χ3n) is 1.94. The van der Waals surface area contributed by atoms with Crippen LogP contribution in [-0.2, 0) is 10.4 Å². The highest BCUT2D eigenvalue weighted by molar-refractivity contribution is 7.79. The fourth-order valence-electron chi connectivity index (χ4n) is 1.25. The first-order chi connectivity index (χ1) is 8.18. The number of nitrogens with zero attached hydrogens (tertiary/aromatic N) is 2. The second kappa shape index (κ2) is 5.08. The molecule has 0 spiro atoms. The number of nitro groups is 1. The molecule has 0 saturated carbocycles. The van der Waals surface area contributed by atoms with Crippen molar-refractivity contribution >= 4 is 27.0 Å². The number of aromatic amines is 1. The van der Waals surface area contributed by atoms with Crippen LogP contribution in [0.15, 0.2) is 18.2 Å². The van der Waals surface area contributed by atoms with Gasteiger partial charge in [-0.3, -0.25) is 24.3 Å². The average Bonchev–Trinajstić information content (AvgIpc) is 2.57. The summed E-state index contributed by atoms with van der Waals surface area (Å²) in [5, 5.41) is 18.0. The van der Waals surface area contributed by atoms with E-state index in [1.165, 1.54) is 12.1 Å². The number of fused-ring (bicyclic) bond motifs is 1. The Morgan fingerprint density at radius 1 is 1.39 bits per heavy atom. The molecule has 1 heterocycles. The Morgan fingerprint density at radius 3 is 2.44 bits per heavy atom. The van der Waals surface area contributed by atoms with Crippen LogP contribution in [0.2, 0.25) is 0 Å². The van der Waals surface area contributed by atoms with Crippen molar-refractivity contribution in [2.45, 2.75) is 6.92 Å². The number of nitro benzene ring substituents is 1. The molecule has 0 aliphatic rings. The van der Waals surface area contributed by atoms with Crippen LogP contribution in [0, 0.1) is 17.0 Å². The maximum absolute atomic E-state index is 10.4.